The number of piperidine rings is 1. The Bertz CT molecular complexity index is 1200. The van der Waals surface area contributed by atoms with E-state index in [4.69, 9.17) is 21.0 Å². The van der Waals surface area contributed by atoms with Crippen molar-refractivity contribution in [2.45, 2.75) is 32.0 Å². The van der Waals surface area contributed by atoms with Gasteiger partial charge in [-0.05, 0) is 31.9 Å². The molecule has 0 spiro atoms. The number of aliphatic hydroxyl groups excluding tert-OH is 1. The fourth-order valence-corrected chi connectivity index (χ4v) is 4.26. The zero-order chi connectivity index (χ0) is 21.4. The number of likely N-dealkylation sites (tertiary alicyclic amines) is 1. The summed E-state index contributed by atoms with van der Waals surface area (Å²) < 4.78 is 7.39. The highest BCUT2D eigenvalue weighted by atomic mass is 35.5. The van der Waals surface area contributed by atoms with Gasteiger partial charge < -0.3 is 14.8 Å². The highest BCUT2D eigenvalue weighted by Gasteiger charge is 2.23. The van der Waals surface area contributed by atoms with Crippen molar-refractivity contribution in [3.63, 3.8) is 0 Å². The maximum atomic E-state index is 9.76. The highest BCUT2D eigenvalue weighted by molar-refractivity contribution is 6.33. The number of oxazole rings is 1. The smallest absolute Gasteiger partial charge is 0.306 e. The maximum Gasteiger partial charge on any atom is 0.306 e. The second-order valence-corrected chi connectivity index (χ2v) is 8.10. The third-order valence-corrected chi connectivity index (χ3v) is 6.01. The van der Waals surface area contributed by atoms with Crippen LogP contribution in [0.1, 0.15) is 19.8 Å². The van der Waals surface area contributed by atoms with E-state index in [0.717, 1.165) is 42.9 Å². The lowest BCUT2D eigenvalue weighted by Crippen LogP contribution is -2.43. The summed E-state index contributed by atoms with van der Waals surface area (Å²) in [4.78, 5) is 15.9. The Hall–Kier alpha value is -2.94. The van der Waals surface area contributed by atoms with Crippen molar-refractivity contribution < 1.29 is 9.52 Å². The molecule has 4 aromatic rings. The molecule has 1 fully saturated rings. The Morgan fingerprint density at radius 2 is 2.00 bits per heavy atom. The van der Waals surface area contributed by atoms with E-state index >= 15 is 0 Å². The largest absolute Gasteiger partial charge is 0.432 e. The lowest BCUT2D eigenvalue weighted by molar-refractivity contribution is 0.00474. The number of hydrogen-bond acceptors (Lipinski definition) is 7. The molecule has 1 unspecified atom stereocenters. The van der Waals surface area contributed by atoms with Crippen LogP contribution in [-0.2, 0) is 0 Å². The van der Waals surface area contributed by atoms with Crippen molar-refractivity contribution in [2.24, 2.45) is 0 Å². The zero-order valence-electron chi connectivity index (χ0n) is 17.1. The number of nitrogens with zero attached hydrogens (tertiary/aromatic N) is 5. The molecule has 0 amide bonds. The van der Waals surface area contributed by atoms with Gasteiger partial charge in [0.2, 0.25) is 5.95 Å². The van der Waals surface area contributed by atoms with Crippen LogP contribution in [-0.4, -0.2) is 54.7 Å². The molecular formula is C22H23ClN6O2. The molecule has 1 aliphatic heterocycles. The van der Waals surface area contributed by atoms with Gasteiger partial charge in [-0.1, -0.05) is 29.8 Å². The standard InChI is InChI=1S/C22H23ClN6O2/c1-14(30)28-10-7-15(8-11-28)25-21-24-9-6-18(26-21)20-19(16-4-2-3-5-17(16)23)27-22-29(20)12-13-31-22/h2-6,9,12-15,30H,7-8,10-11H2,1H3,(H,24,25,26). The SMILES string of the molecule is CC(O)N1CCC(Nc2nccc(-c3c(-c4ccccc4Cl)nc4occn34)n2)CC1. The predicted octanol–water partition coefficient (Wildman–Crippen LogP) is 3.92. The van der Waals surface area contributed by atoms with Crippen molar-refractivity contribution in [1.29, 1.82) is 0 Å². The van der Waals surface area contributed by atoms with Crippen molar-refractivity contribution >= 4 is 23.4 Å². The molecule has 1 aromatic carbocycles. The van der Waals surface area contributed by atoms with Crippen LogP contribution in [0.15, 0.2) is 53.4 Å². The summed E-state index contributed by atoms with van der Waals surface area (Å²) in [5.74, 6) is 1.04. The van der Waals surface area contributed by atoms with Gasteiger partial charge >= 0.3 is 5.84 Å². The minimum atomic E-state index is -0.414. The van der Waals surface area contributed by atoms with Gasteiger partial charge in [0.15, 0.2) is 0 Å². The van der Waals surface area contributed by atoms with Gasteiger partial charge in [0, 0.05) is 37.1 Å². The molecule has 0 saturated carbocycles. The third kappa shape index (κ3) is 3.89. The molecule has 160 valence electrons. The van der Waals surface area contributed by atoms with E-state index < -0.39 is 6.23 Å². The van der Waals surface area contributed by atoms with E-state index in [1.165, 1.54) is 0 Å². The van der Waals surface area contributed by atoms with E-state index in [2.05, 4.69) is 20.2 Å². The molecule has 1 atom stereocenters. The number of fused-ring (bicyclic) bond motifs is 1. The lowest BCUT2D eigenvalue weighted by atomic mass is 10.1. The molecule has 4 heterocycles. The van der Waals surface area contributed by atoms with Crippen LogP contribution < -0.4 is 5.32 Å². The van der Waals surface area contributed by atoms with E-state index in [1.807, 2.05) is 40.9 Å². The Balaban J connectivity index is 1.47. The van der Waals surface area contributed by atoms with Crippen LogP contribution in [0, 0.1) is 0 Å². The number of aliphatic hydroxyl groups is 1. The average molecular weight is 439 g/mol. The number of aromatic nitrogens is 4. The third-order valence-electron chi connectivity index (χ3n) is 5.68. The fraction of sp³-hybridized carbons (Fsp3) is 0.318. The van der Waals surface area contributed by atoms with Gasteiger partial charge in [-0.25, -0.2) is 9.97 Å². The lowest BCUT2D eigenvalue weighted by Gasteiger charge is -2.33. The first-order valence-electron chi connectivity index (χ1n) is 10.3. The molecule has 3 aromatic heterocycles. The first-order chi connectivity index (χ1) is 15.1. The van der Waals surface area contributed by atoms with Crippen LogP contribution in [0.25, 0.3) is 28.5 Å². The van der Waals surface area contributed by atoms with Crippen molar-refractivity contribution in [3.05, 3.63) is 54.0 Å². The molecule has 1 aliphatic rings. The maximum absolute atomic E-state index is 9.76. The minimum Gasteiger partial charge on any atom is -0.432 e. The Labute approximate surface area is 184 Å². The molecule has 0 aliphatic carbocycles. The second-order valence-electron chi connectivity index (χ2n) is 7.70. The number of benzene rings is 1. The van der Waals surface area contributed by atoms with Gasteiger partial charge in [-0.3, -0.25) is 9.30 Å². The number of nitrogens with one attached hydrogen (secondary N) is 1. The summed E-state index contributed by atoms with van der Waals surface area (Å²) in [5, 5.41) is 13.8. The Morgan fingerprint density at radius 1 is 1.19 bits per heavy atom. The minimum absolute atomic E-state index is 0.257. The summed E-state index contributed by atoms with van der Waals surface area (Å²) in [6.45, 7) is 3.48. The van der Waals surface area contributed by atoms with E-state index in [0.29, 0.717) is 22.5 Å². The highest BCUT2D eigenvalue weighted by Crippen LogP contribution is 2.36. The second kappa shape index (κ2) is 8.30. The van der Waals surface area contributed by atoms with Crippen molar-refractivity contribution in [1.82, 2.24) is 24.3 Å². The quantitative estimate of drug-likeness (QED) is 0.488. The molecule has 8 nitrogen and oxygen atoms in total. The molecule has 5 rings (SSSR count). The number of hydrogen-bond donors (Lipinski definition) is 2. The summed E-state index contributed by atoms with van der Waals surface area (Å²) in [5.41, 5.74) is 3.05. The van der Waals surface area contributed by atoms with Crippen LogP contribution in [0.4, 0.5) is 5.95 Å². The molecule has 2 N–H and O–H groups in total. The molecular weight excluding hydrogens is 416 g/mol. The Kier molecular flexibility index (Phi) is 5.35. The summed E-state index contributed by atoms with van der Waals surface area (Å²) in [6.07, 6.45) is 6.58. The number of halogens is 1. The summed E-state index contributed by atoms with van der Waals surface area (Å²) >= 11 is 6.46. The van der Waals surface area contributed by atoms with Gasteiger partial charge in [-0.15, -0.1) is 0 Å². The van der Waals surface area contributed by atoms with E-state index in [9.17, 15) is 5.11 Å². The zero-order valence-corrected chi connectivity index (χ0v) is 17.8. The van der Waals surface area contributed by atoms with Gasteiger partial charge in [-0.2, -0.15) is 4.98 Å². The van der Waals surface area contributed by atoms with Gasteiger partial charge in [0.25, 0.3) is 0 Å². The fourth-order valence-electron chi connectivity index (χ4n) is 4.03. The molecule has 0 bridgehead atoms. The summed E-state index contributed by atoms with van der Waals surface area (Å²) in [7, 11) is 0. The van der Waals surface area contributed by atoms with Crippen LogP contribution >= 0.6 is 11.6 Å². The Morgan fingerprint density at radius 3 is 2.77 bits per heavy atom. The van der Waals surface area contributed by atoms with Crippen molar-refractivity contribution in [3.8, 4) is 22.6 Å². The van der Waals surface area contributed by atoms with Gasteiger partial charge in [0.05, 0.1) is 10.7 Å². The van der Waals surface area contributed by atoms with Gasteiger partial charge in [0.1, 0.15) is 23.9 Å². The average Bonchev–Trinajstić information content (AvgIpc) is 3.36. The molecule has 1 saturated heterocycles. The van der Waals surface area contributed by atoms with Crippen molar-refractivity contribution in [2.75, 3.05) is 18.4 Å². The predicted molar refractivity (Wildman–Crippen MR) is 119 cm³/mol. The van der Waals surface area contributed by atoms with Crippen LogP contribution in [0.3, 0.4) is 0 Å². The topological polar surface area (TPSA) is 91.7 Å². The first kappa shape index (κ1) is 20.0. The monoisotopic (exact) mass is 438 g/mol. The number of anilines is 1. The molecule has 9 heteroatoms. The van der Waals surface area contributed by atoms with Crippen LogP contribution in [0.2, 0.25) is 5.02 Å². The van der Waals surface area contributed by atoms with Crippen LogP contribution in [0.5, 0.6) is 0 Å². The molecule has 0 radical (unpaired) electrons. The number of imidazole rings is 1. The van der Waals surface area contributed by atoms with E-state index in [1.54, 1.807) is 19.4 Å². The summed E-state index contributed by atoms with van der Waals surface area (Å²) in [6, 6.07) is 9.71. The number of rotatable bonds is 5. The van der Waals surface area contributed by atoms with E-state index in [-0.39, 0.29) is 6.04 Å². The first-order valence-corrected chi connectivity index (χ1v) is 10.7. The normalized spacial score (nSPS) is 16.6. The molecule has 31 heavy (non-hydrogen) atoms.